The summed E-state index contributed by atoms with van der Waals surface area (Å²) in [6.07, 6.45) is 4.79. The van der Waals surface area contributed by atoms with Crippen LogP contribution in [-0.2, 0) is 0 Å². The summed E-state index contributed by atoms with van der Waals surface area (Å²) in [5.41, 5.74) is 0.578. The van der Waals surface area contributed by atoms with Crippen LogP contribution >= 0.6 is 0 Å². The first kappa shape index (κ1) is 12.9. The van der Waals surface area contributed by atoms with Crippen molar-refractivity contribution in [3.8, 4) is 0 Å². The van der Waals surface area contributed by atoms with Crippen molar-refractivity contribution >= 4 is 0 Å². The Balaban J connectivity index is 0.000000252. The van der Waals surface area contributed by atoms with Crippen molar-refractivity contribution in [2.24, 2.45) is 5.41 Å². The molecule has 1 saturated carbocycles. The lowest BCUT2D eigenvalue weighted by Gasteiger charge is -2.44. The van der Waals surface area contributed by atoms with E-state index in [0.29, 0.717) is 12.0 Å². The number of unbranched alkanes of at least 4 members (excludes halogenated alkanes) is 1. The van der Waals surface area contributed by atoms with Gasteiger partial charge in [-0.2, -0.15) is 0 Å². The zero-order valence-electron chi connectivity index (χ0n) is 9.56. The Morgan fingerprint density at radius 1 is 1.46 bits per heavy atom. The van der Waals surface area contributed by atoms with Gasteiger partial charge in [-0.15, -0.1) is 0 Å². The van der Waals surface area contributed by atoms with Crippen LogP contribution in [0.15, 0.2) is 0 Å². The maximum Gasteiger partial charge on any atom is 0.0430 e. The van der Waals surface area contributed by atoms with Crippen molar-refractivity contribution in [3.05, 3.63) is 0 Å². The summed E-state index contributed by atoms with van der Waals surface area (Å²) in [7, 11) is 2.05. The summed E-state index contributed by atoms with van der Waals surface area (Å²) in [5, 5.41) is 11.4. The van der Waals surface area contributed by atoms with Gasteiger partial charge < -0.3 is 10.4 Å². The van der Waals surface area contributed by atoms with E-state index in [2.05, 4.69) is 26.1 Å². The van der Waals surface area contributed by atoms with E-state index in [1.54, 1.807) is 0 Å². The summed E-state index contributed by atoms with van der Waals surface area (Å²) >= 11 is 0. The van der Waals surface area contributed by atoms with Gasteiger partial charge in [0.2, 0.25) is 0 Å². The summed E-state index contributed by atoms with van der Waals surface area (Å²) in [4.78, 5) is 0. The smallest absolute Gasteiger partial charge is 0.0430 e. The van der Waals surface area contributed by atoms with Crippen LogP contribution in [0.4, 0.5) is 0 Å². The third-order valence-electron chi connectivity index (χ3n) is 2.88. The molecule has 0 saturated heterocycles. The van der Waals surface area contributed by atoms with Crippen LogP contribution in [0.25, 0.3) is 0 Å². The van der Waals surface area contributed by atoms with E-state index in [0.717, 1.165) is 18.9 Å². The molecule has 80 valence electrons. The number of hydrogen-bond acceptors (Lipinski definition) is 2. The van der Waals surface area contributed by atoms with Crippen LogP contribution in [0.3, 0.4) is 0 Å². The maximum atomic E-state index is 8.07. The number of aliphatic hydroxyl groups is 1. The highest BCUT2D eigenvalue weighted by Crippen LogP contribution is 2.39. The van der Waals surface area contributed by atoms with Crippen molar-refractivity contribution in [3.63, 3.8) is 0 Å². The van der Waals surface area contributed by atoms with Gasteiger partial charge in [0.05, 0.1) is 0 Å². The molecule has 1 fully saturated rings. The van der Waals surface area contributed by atoms with E-state index in [9.17, 15) is 0 Å². The Bertz CT molecular complexity index is 119. The fourth-order valence-corrected chi connectivity index (χ4v) is 1.56. The zero-order chi connectivity index (χ0) is 10.3. The average molecular weight is 187 g/mol. The molecule has 0 aromatic carbocycles. The van der Waals surface area contributed by atoms with E-state index in [-0.39, 0.29) is 0 Å². The molecule has 1 unspecified atom stereocenters. The van der Waals surface area contributed by atoms with Crippen LogP contribution in [0.1, 0.15) is 46.5 Å². The summed E-state index contributed by atoms with van der Waals surface area (Å²) in [6.45, 7) is 7.03. The Morgan fingerprint density at radius 2 is 2.08 bits per heavy atom. The van der Waals surface area contributed by atoms with Crippen molar-refractivity contribution < 1.29 is 5.11 Å². The first-order chi connectivity index (χ1) is 6.08. The second-order valence-electron chi connectivity index (χ2n) is 4.45. The molecule has 0 amide bonds. The predicted molar refractivity (Wildman–Crippen MR) is 57.9 cm³/mol. The Morgan fingerprint density at radius 3 is 2.08 bits per heavy atom. The highest BCUT2D eigenvalue weighted by atomic mass is 16.2. The molecule has 0 radical (unpaired) electrons. The SMILES string of the molecule is CCCCO.CNC1CCC1(C)C. The Labute approximate surface area is 82.7 Å². The Kier molecular flexibility index (Phi) is 6.35. The van der Waals surface area contributed by atoms with Crippen molar-refractivity contribution in [2.75, 3.05) is 13.7 Å². The van der Waals surface area contributed by atoms with Crippen molar-refractivity contribution in [1.29, 1.82) is 0 Å². The lowest BCUT2D eigenvalue weighted by molar-refractivity contribution is 0.117. The fraction of sp³-hybridized carbons (Fsp3) is 1.00. The van der Waals surface area contributed by atoms with Gasteiger partial charge in [0.1, 0.15) is 0 Å². The van der Waals surface area contributed by atoms with E-state index in [4.69, 9.17) is 5.11 Å². The molecule has 1 rings (SSSR count). The van der Waals surface area contributed by atoms with Gasteiger partial charge in [0.15, 0.2) is 0 Å². The van der Waals surface area contributed by atoms with E-state index < -0.39 is 0 Å². The van der Waals surface area contributed by atoms with E-state index >= 15 is 0 Å². The number of nitrogens with one attached hydrogen (secondary N) is 1. The molecular formula is C11H25NO. The molecule has 2 nitrogen and oxygen atoms in total. The first-order valence-corrected chi connectivity index (χ1v) is 5.36. The second kappa shape index (κ2) is 6.39. The lowest BCUT2D eigenvalue weighted by Crippen LogP contribution is -2.48. The van der Waals surface area contributed by atoms with Gasteiger partial charge in [-0.3, -0.25) is 0 Å². The van der Waals surface area contributed by atoms with Gasteiger partial charge in [0.25, 0.3) is 0 Å². The minimum atomic E-state index is 0.344. The van der Waals surface area contributed by atoms with E-state index in [1.807, 2.05) is 7.05 Å². The highest BCUT2D eigenvalue weighted by Gasteiger charge is 2.36. The standard InChI is InChI=1S/C7H15N.C4H10O/c1-7(2)5-4-6(7)8-3;1-2-3-4-5/h6,8H,4-5H2,1-3H3;5H,2-4H2,1H3. The van der Waals surface area contributed by atoms with Gasteiger partial charge in [0, 0.05) is 12.6 Å². The Hall–Kier alpha value is -0.0800. The largest absolute Gasteiger partial charge is 0.396 e. The molecule has 1 aliphatic carbocycles. The summed E-state index contributed by atoms with van der Waals surface area (Å²) < 4.78 is 0. The fourth-order valence-electron chi connectivity index (χ4n) is 1.56. The molecule has 2 heteroatoms. The highest BCUT2D eigenvalue weighted by molar-refractivity contribution is 4.92. The van der Waals surface area contributed by atoms with Crippen LogP contribution in [-0.4, -0.2) is 24.8 Å². The van der Waals surface area contributed by atoms with Gasteiger partial charge in [-0.1, -0.05) is 27.2 Å². The van der Waals surface area contributed by atoms with Crippen LogP contribution in [0, 0.1) is 5.41 Å². The minimum Gasteiger partial charge on any atom is -0.396 e. The molecule has 0 bridgehead atoms. The van der Waals surface area contributed by atoms with Gasteiger partial charge >= 0.3 is 0 Å². The molecular weight excluding hydrogens is 162 g/mol. The molecule has 0 aromatic rings. The number of hydrogen-bond donors (Lipinski definition) is 2. The third-order valence-corrected chi connectivity index (χ3v) is 2.88. The van der Waals surface area contributed by atoms with Gasteiger partial charge in [-0.05, 0) is 31.7 Å². The first-order valence-electron chi connectivity index (χ1n) is 5.36. The average Bonchev–Trinajstić information content (AvgIpc) is 2.06. The molecule has 1 aliphatic rings. The molecule has 13 heavy (non-hydrogen) atoms. The zero-order valence-corrected chi connectivity index (χ0v) is 9.56. The second-order valence-corrected chi connectivity index (χ2v) is 4.45. The molecule has 0 heterocycles. The van der Waals surface area contributed by atoms with Crippen molar-refractivity contribution in [2.45, 2.75) is 52.5 Å². The number of aliphatic hydroxyl groups excluding tert-OH is 1. The quantitative estimate of drug-likeness (QED) is 0.709. The van der Waals surface area contributed by atoms with Crippen LogP contribution in [0.5, 0.6) is 0 Å². The van der Waals surface area contributed by atoms with Gasteiger partial charge in [-0.25, -0.2) is 0 Å². The summed E-state index contributed by atoms with van der Waals surface area (Å²) in [5.74, 6) is 0. The molecule has 2 N–H and O–H groups in total. The third kappa shape index (κ3) is 4.63. The minimum absolute atomic E-state index is 0.344. The lowest BCUT2D eigenvalue weighted by atomic mass is 9.67. The van der Waals surface area contributed by atoms with Crippen LogP contribution in [0.2, 0.25) is 0 Å². The number of rotatable bonds is 3. The molecule has 0 aromatic heterocycles. The summed E-state index contributed by atoms with van der Waals surface area (Å²) in [6, 6.07) is 0.780. The maximum absolute atomic E-state index is 8.07. The molecule has 1 atom stereocenters. The normalized spacial score (nSPS) is 24.2. The van der Waals surface area contributed by atoms with Crippen molar-refractivity contribution in [1.82, 2.24) is 5.32 Å². The van der Waals surface area contributed by atoms with E-state index in [1.165, 1.54) is 12.8 Å². The molecule has 0 spiro atoms. The predicted octanol–water partition coefficient (Wildman–Crippen LogP) is 2.17. The van der Waals surface area contributed by atoms with Crippen LogP contribution < -0.4 is 5.32 Å². The topological polar surface area (TPSA) is 32.3 Å². The monoisotopic (exact) mass is 187 g/mol. The molecule has 0 aliphatic heterocycles.